The van der Waals surface area contributed by atoms with Crippen molar-refractivity contribution in [2.24, 2.45) is 0 Å². The zero-order chi connectivity index (χ0) is 19.5. The number of carbonyl (C=O) groups is 1. The number of unbranched alkanes of at least 4 members (excludes halogenated alkanes) is 4. The van der Waals surface area contributed by atoms with Crippen molar-refractivity contribution in [3.05, 3.63) is 44.4 Å². The Morgan fingerprint density at radius 3 is 2.59 bits per heavy atom. The molecule has 0 aliphatic heterocycles. The van der Waals surface area contributed by atoms with Crippen LogP contribution in [0.25, 0.3) is 0 Å². The van der Waals surface area contributed by atoms with Gasteiger partial charge >= 0.3 is 4.87 Å². The maximum atomic E-state index is 11.7. The molecule has 0 fully saturated rings. The van der Waals surface area contributed by atoms with Crippen LogP contribution in [-0.2, 0) is 11.2 Å². The van der Waals surface area contributed by atoms with Crippen LogP contribution in [0.5, 0.6) is 11.6 Å². The topological polar surface area (TPSA) is 91.4 Å². The van der Waals surface area contributed by atoms with Crippen molar-refractivity contribution in [1.82, 2.24) is 10.3 Å². The predicted octanol–water partition coefficient (Wildman–Crippen LogP) is 3.59. The quantitative estimate of drug-likeness (QED) is 0.481. The summed E-state index contributed by atoms with van der Waals surface area (Å²) in [5.74, 6) is 0.737. The normalized spacial score (nSPS) is 10.7. The van der Waals surface area contributed by atoms with Crippen LogP contribution in [0.4, 0.5) is 0 Å². The van der Waals surface area contributed by atoms with Crippen molar-refractivity contribution in [1.29, 1.82) is 0 Å². The Labute approximate surface area is 163 Å². The van der Waals surface area contributed by atoms with Gasteiger partial charge in [-0.2, -0.15) is 0 Å². The van der Waals surface area contributed by atoms with Crippen molar-refractivity contribution in [3.63, 3.8) is 0 Å². The number of aromatic nitrogens is 1. The third kappa shape index (κ3) is 7.86. The Morgan fingerprint density at radius 2 is 1.93 bits per heavy atom. The lowest BCUT2D eigenvalue weighted by atomic mass is 10.1. The zero-order valence-electron chi connectivity index (χ0n) is 15.8. The molecule has 1 aromatic carbocycles. The summed E-state index contributed by atoms with van der Waals surface area (Å²) in [6.07, 6.45) is 6.77. The first-order valence-electron chi connectivity index (χ1n) is 9.48. The monoisotopic (exact) mass is 392 g/mol. The molecule has 0 aliphatic rings. The van der Waals surface area contributed by atoms with Crippen molar-refractivity contribution >= 4 is 17.2 Å². The molecular formula is C20H28N2O4S. The van der Waals surface area contributed by atoms with Crippen molar-refractivity contribution < 1.29 is 14.6 Å². The fourth-order valence-electron chi connectivity index (χ4n) is 2.70. The second-order valence-electron chi connectivity index (χ2n) is 6.47. The number of ether oxygens (including phenoxy) is 1. The van der Waals surface area contributed by atoms with Crippen LogP contribution in [0.15, 0.2) is 29.1 Å². The van der Waals surface area contributed by atoms with E-state index in [1.807, 2.05) is 24.3 Å². The predicted molar refractivity (Wildman–Crippen MR) is 108 cm³/mol. The standard InChI is InChI=1S/C20H28N2O4S/c1-2-3-4-5-6-7-18(23)21-12-13-26-16-10-8-15(9-11-16)14-17-19(24)22-20(25)27-17/h8-11,24H,2-7,12-14H2,1H3,(H,21,23)(H,22,25). The number of amides is 1. The first-order chi connectivity index (χ1) is 13.1. The van der Waals surface area contributed by atoms with Crippen LogP contribution in [0.1, 0.15) is 55.9 Å². The van der Waals surface area contributed by atoms with Gasteiger partial charge in [-0.15, -0.1) is 0 Å². The van der Waals surface area contributed by atoms with E-state index in [1.165, 1.54) is 19.3 Å². The minimum atomic E-state index is -0.259. The first-order valence-corrected chi connectivity index (χ1v) is 10.3. The molecule has 148 valence electrons. The molecule has 2 aromatic rings. The number of hydrogen-bond acceptors (Lipinski definition) is 5. The molecular weight excluding hydrogens is 364 g/mol. The number of nitrogens with one attached hydrogen (secondary N) is 2. The molecule has 1 aromatic heterocycles. The Kier molecular flexibility index (Phi) is 8.91. The van der Waals surface area contributed by atoms with E-state index in [0.717, 1.165) is 35.5 Å². The highest BCUT2D eigenvalue weighted by molar-refractivity contribution is 7.09. The zero-order valence-corrected chi connectivity index (χ0v) is 16.6. The average Bonchev–Trinajstić information content (AvgIpc) is 2.97. The largest absolute Gasteiger partial charge is 0.494 e. The van der Waals surface area contributed by atoms with Crippen LogP contribution in [0.3, 0.4) is 0 Å². The van der Waals surface area contributed by atoms with Crippen molar-refractivity contribution in [2.45, 2.75) is 51.9 Å². The molecule has 0 radical (unpaired) electrons. The van der Waals surface area contributed by atoms with E-state index < -0.39 is 0 Å². The third-order valence-corrected chi connectivity index (χ3v) is 5.06. The molecule has 2 rings (SSSR count). The fraction of sp³-hybridized carbons (Fsp3) is 0.500. The van der Waals surface area contributed by atoms with Crippen LogP contribution in [-0.4, -0.2) is 29.1 Å². The summed E-state index contributed by atoms with van der Waals surface area (Å²) in [4.78, 5) is 25.6. The molecule has 6 nitrogen and oxygen atoms in total. The van der Waals surface area contributed by atoms with Gasteiger partial charge in [-0.05, 0) is 24.1 Å². The maximum absolute atomic E-state index is 11.7. The minimum absolute atomic E-state index is 0.0635. The fourth-order valence-corrected chi connectivity index (χ4v) is 3.46. The van der Waals surface area contributed by atoms with Gasteiger partial charge in [-0.3, -0.25) is 14.6 Å². The van der Waals surface area contributed by atoms with Crippen LogP contribution < -0.4 is 14.9 Å². The molecule has 7 heteroatoms. The molecule has 1 heterocycles. The highest BCUT2D eigenvalue weighted by atomic mass is 32.1. The Morgan fingerprint density at radius 1 is 1.19 bits per heavy atom. The smallest absolute Gasteiger partial charge is 0.307 e. The molecule has 0 unspecified atom stereocenters. The summed E-state index contributed by atoms with van der Waals surface area (Å²) in [5, 5.41) is 12.5. The van der Waals surface area contributed by atoms with E-state index in [9.17, 15) is 14.7 Å². The highest BCUT2D eigenvalue weighted by Gasteiger charge is 2.07. The molecule has 0 saturated heterocycles. The summed E-state index contributed by atoms with van der Waals surface area (Å²) < 4.78 is 5.63. The SMILES string of the molecule is CCCCCCCC(=O)NCCOc1ccc(Cc2sc(=O)[nH]c2O)cc1. The second-order valence-corrected chi connectivity index (χ2v) is 7.54. The van der Waals surface area contributed by atoms with Gasteiger partial charge in [-0.1, -0.05) is 56.1 Å². The van der Waals surface area contributed by atoms with Gasteiger partial charge in [0.05, 0.1) is 11.4 Å². The number of benzene rings is 1. The summed E-state index contributed by atoms with van der Waals surface area (Å²) >= 11 is 1.01. The molecule has 0 saturated carbocycles. The van der Waals surface area contributed by atoms with Crippen LogP contribution in [0.2, 0.25) is 0 Å². The van der Waals surface area contributed by atoms with E-state index in [4.69, 9.17) is 4.74 Å². The molecule has 0 aliphatic carbocycles. The summed E-state index contributed by atoms with van der Waals surface area (Å²) in [5.41, 5.74) is 0.976. The van der Waals surface area contributed by atoms with Crippen LogP contribution >= 0.6 is 11.3 Å². The number of aromatic hydroxyl groups is 1. The van der Waals surface area contributed by atoms with Gasteiger partial charge < -0.3 is 15.2 Å². The van der Waals surface area contributed by atoms with Crippen molar-refractivity contribution in [3.8, 4) is 11.6 Å². The van der Waals surface area contributed by atoms with Gasteiger partial charge in [0.15, 0.2) is 0 Å². The second kappa shape index (κ2) is 11.4. The van der Waals surface area contributed by atoms with E-state index in [0.29, 0.717) is 30.9 Å². The molecule has 27 heavy (non-hydrogen) atoms. The van der Waals surface area contributed by atoms with Gasteiger partial charge in [0.2, 0.25) is 11.8 Å². The van der Waals surface area contributed by atoms with E-state index >= 15 is 0 Å². The molecule has 0 spiro atoms. The number of carbonyl (C=O) groups excluding carboxylic acids is 1. The molecule has 1 amide bonds. The number of rotatable bonds is 12. The average molecular weight is 393 g/mol. The number of hydrogen-bond donors (Lipinski definition) is 3. The van der Waals surface area contributed by atoms with Crippen LogP contribution in [0, 0.1) is 0 Å². The molecule has 3 N–H and O–H groups in total. The Balaban J connectivity index is 1.63. The van der Waals surface area contributed by atoms with Gasteiger partial charge in [0.1, 0.15) is 12.4 Å². The number of thiazole rings is 1. The number of H-pyrrole nitrogens is 1. The van der Waals surface area contributed by atoms with Gasteiger partial charge in [0.25, 0.3) is 0 Å². The Bertz CT molecular complexity index is 752. The van der Waals surface area contributed by atoms with E-state index in [-0.39, 0.29) is 16.7 Å². The highest BCUT2D eigenvalue weighted by Crippen LogP contribution is 2.21. The lowest BCUT2D eigenvalue weighted by Crippen LogP contribution is -2.27. The van der Waals surface area contributed by atoms with Gasteiger partial charge in [0, 0.05) is 12.8 Å². The first kappa shape index (κ1) is 21.0. The summed E-state index contributed by atoms with van der Waals surface area (Å²) in [6, 6.07) is 7.48. The Hall–Kier alpha value is -2.28. The summed E-state index contributed by atoms with van der Waals surface area (Å²) in [6.45, 7) is 3.08. The van der Waals surface area contributed by atoms with E-state index in [2.05, 4.69) is 17.2 Å². The minimum Gasteiger partial charge on any atom is -0.494 e. The van der Waals surface area contributed by atoms with Crippen molar-refractivity contribution in [2.75, 3.05) is 13.2 Å². The molecule has 0 atom stereocenters. The van der Waals surface area contributed by atoms with Gasteiger partial charge in [-0.25, -0.2) is 0 Å². The lowest BCUT2D eigenvalue weighted by Gasteiger charge is -2.08. The summed E-state index contributed by atoms with van der Waals surface area (Å²) in [7, 11) is 0. The maximum Gasteiger partial charge on any atom is 0.307 e. The number of aromatic amines is 1. The third-order valence-electron chi connectivity index (χ3n) is 4.19. The molecule has 0 bridgehead atoms. The lowest BCUT2D eigenvalue weighted by molar-refractivity contribution is -0.121. The van der Waals surface area contributed by atoms with E-state index in [1.54, 1.807) is 0 Å².